The van der Waals surface area contributed by atoms with Crippen LogP contribution >= 0.6 is 0 Å². The van der Waals surface area contributed by atoms with Crippen LogP contribution < -0.4 is 10.6 Å². The molecule has 1 unspecified atom stereocenters. The molecule has 0 aromatic heterocycles. The maximum atomic E-state index is 12.4. The summed E-state index contributed by atoms with van der Waals surface area (Å²) in [4.78, 5) is 36.1. The van der Waals surface area contributed by atoms with Gasteiger partial charge in [-0.3, -0.25) is 4.79 Å². The highest BCUT2D eigenvalue weighted by Gasteiger charge is 2.29. The average molecular weight is 473 g/mol. The zero-order chi connectivity index (χ0) is 24.9. The van der Waals surface area contributed by atoms with Gasteiger partial charge in [-0.15, -0.1) is 0 Å². The Kier molecular flexibility index (Phi) is 7.15. The fourth-order valence-electron chi connectivity index (χ4n) is 4.50. The molecule has 0 fully saturated rings. The fraction of sp³-hybridized carbons (Fsp3) is 0.250. The number of ether oxygens (including phenoxy) is 1. The Morgan fingerprint density at radius 1 is 0.943 bits per heavy atom. The molecule has 0 heterocycles. The molecule has 0 radical (unpaired) electrons. The zero-order valence-corrected chi connectivity index (χ0v) is 19.7. The lowest BCUT2D eigenvalue weighted by atomic mass is 9.98. The molecule has 1 aliphatic carbocycles. The van der Waals surface area contributed by atoms with Crippen molar-refractivity contribution in [3.05, 3.63) is 89.0 Å². The van der Waals surface area contributed by atoms with E-state index in [9.17, 15) is 19.5 Å². The van der Waals surface area contributed by atoms with E-state index in [1.54, 1.807) is 19.1 Å². The third-order valence-electron chi connectivity index (χ3n) is 6.31. The summed E-state index contributed by atoms with van der Waals surface area (Å²) in [5, 5.41) is 14.7. The average Bonchev–Trinajstić information content (AvgIpc) is 3.16. The van der Waals surface area contributed by atoms with Crippen molar-refractivity contribution >= 4 is 23.7 Å². The Morgan fingerprint density at radius 2 is 1.57 bits per heavy atom. The van der Waals surface area contributed by atoms with Gasteiger partial charge in [-0.1, -0.05) is 61.5 Å². The summed E-state index contributed by atoms with van der Waals surface area (Å²) in [6, 6.07) is 21.0. The van der Waals surface area contributed by atoms with Crippen LogP contribution in [0.3, 0.4) is 0 Å². The second kappa shape index (κ2) is 10.4. The van der Waals surface area contributed by atoms with Gasteiger partial charge < -0.3 is 20.5 Å². The molecule has 3 aromatic rings. The molecule has 35 heavy (non-hydrogen) atoms. The lowest BCUT2D eigenvalue weighted by molar-refractivity contribution is -0.117. The number of carboxylic acid groups (broad SMARTS) is 1. The SMILES string of the molecule is Cc1c(NC(=O)CC(C)CNC(=O)OCC2c3ccccc3-c3ccccc32)cccc1C(=O)O. The minimum absolute atomic E-state index is 0.0128. The second-order valence-corrected chi connectivity index (χ2v) is 8.85. The molecule has 180 valence electrons. The van der Waals surface area contributed by atoms with E-state index in [-0.39, 0.29) is 42.9 Å². The van der Waals surface area contributed by atoms with E-state index in [4.69, 9.17) is 4.74 Å². The molecule has 1 atom stereocenters. The van der Waals surface area contributed by atoms with Crippen molar-refractivity contribution in [3.8, 4) is 11.1 Å². The number of rotatable bonds is 8. The number of carboxylic acids is 1. The Bertz CT molecular complexity index is 1220. The first-order valence-electron chi connectivity index (χ1n) is 11.6. The predicted octanol–water partition coefficient (Wildman–Crippen LogP) is 5.20. The van der Waals surface area contributed by atoms with Gasteiger partial charge in [-0.25, -0.2) is 9.59 Å². The lowest BCUT2D eigenvalue weighted by Crippen LogP contribution is -2.31. The summed E-state index contributed by atoms with van der Waals surface area (Å²) >= 11 is 0. The lowest BCUT2D eigenvalue weighted by Gasteiger charge is -2.16. The van der Waals surface area contributed by atoms with Crippen LogP contribution in [0.15, 0.2) is 66.7 Å². The summed E-state index contributed by atoms with van der Waals surface area (Å²) in [6.07, 6.45) is -0.357. The molecule has 0 bridgehead atoms. The smallest absolute Gasteiger partial charge is 0.407 e. The Hall–Kier alpha value is -4.13. The van der Waals surface area contributed by atoms with Gasteiger partial charge in [0.2, 0.25) is 5.91 Å². The molecule has 0 aliphatic heterocycles. The topological polar surface area (TPSA) is 105 Å². The van der Waals surface area contributed by atoms with Crippen molar-refractivity contribution < 1.29 is 24.2 Å². The van der Waals surface area contributed by atoms with Gasteiger partial charge in [0.25, 0.3) is 0 Å². The summed E-state index contributed by atoms with van der Waals surface area (Å²) < 4.78 is 5.54. The number of alkyl carbamates (subject to hydrolysis) is 1. The maximum Gasteiger partial charge on any atom is 0.407 e. The van der Waals surface area contributed by atoms with E-state index >= 15 is 0 Å². The first-order valence-corrected chi connectivity index (χ1v) is 11.6. The molecule has 3 aromatic carbocycles. The number of anilines is 1. The molecule has 3 N–H and O–H groups in total. The first-order chi connectivity index (χ1) is 16.8. The van der Waals surface area contributed by atoms with E-state index in [1.165, 1.54) is 17.2 Å². The summed E-state index contributed by atoms with van der Waals surface area (Å²) in [5.74, 6) is -1.45. The summed E-state index contributed by atoms with van der Waals surface area (Å²) in [5.41, 5.74) is 5.74. The molecule has 0 spiro atoms. The highest BCUT2D eigenvalue weighted by molar-refractivity contribution is 5.96. The van der Waals surface area contributed by atoms with E-state index in [2.05, 4.69) is 34.9 Å². The van der Waals surface area contributed by atoms with Crippen molar-refractivity contribution in [2.24, 2.45) is 5.92 Å². The minimum atomic E-state index is -1.04. The number of carbonyl (C=O) groups excluding carboxylic acids is 2. The van der Waals surface area contributed by atoms with Crippen molar-refractivity contribution in [2.75, 3.05) is 18.5 Å². The number of amides is 2. The van der Waals surface area contributed by atoms with Crippen molar-refractivity contribution in [1.82, 2.24) is 5.32 Å². The molecular formula is C28H28N2O5. The Labute approximate surface area is 204 Å². The maximum absolute atomic E-state index is 12.4. The largest absolute Gasteiger partial charge is 0.478 e. The van der Waals surface area contributed by atoms with Crippen LogP contribution in [0.2, 0.25) is 0 Å². The zero-order valence-electron chi connectivity index (χ0n) is 19.7. The van der Waals surface area contributed by atoms with Crippen LogP contribution in [0.1, 0.15) is 46.3 Å². The normalized spacial score (nSPS) is 12.9. The van der Waals surface area contributed by atoms with Crippen molar-refractivity contribution in [3.63, 3.8) is 0 Å². The van der Waals surface area contributed by atoms with Gasteiger partial charge in [-0.05, 0) is 52.8 Å². The highest BCUT2D eigenvalue weighted by atomic mass is 16.5. The second-order valence-electron chi connectivity index (χ2n) is 8.85. The van der Waals surface area contributed by atoms with Gasteiger partial charge >= 0.3 is 12.1 Å². The Balaban J connectivity index is 1.26. The number of carbonyl (C=O) groups is 3. The molecule has 0 saturated carbocycles. The van der Waals surface area contributed by atoms with Gasteiger partial charge in [0.15, 0.2) is 0 Å². The third-order valence-corrected chi connectivity index (χ3v) is 6.31. The third kappa shape index (κ3) is 5.35. The van der Waals surface area contributed by atoms with E-state index < -0.39 is 12.1 Å². The van der Waals surface area contributed by atoms with Crippen LogP contribution in [0.4, 0.5) is 10.5 Å². The van der Waals surface area contributed by atoms with Gasteiger partial charge in [-0.2, -0.15) is 0 Å². The predicted molar refractivity (Wildman–Crippen MR) is 134 cm³/mol. The number of fused-ring (bicyclic) bond motifs is 3. The van der Waals surface area contributed by atoms with Gasteiger partial charge in [0.1, 0.15) is 6.61 Å². The van der Waals surface area contributed by atoms with Crippen molar-refractivity contribution in [1.29, 1.82) is 0 Å². The molecule has 0 saturated heterocycles. The number of aromatic carboxylic acids is 1. The van der Waals surface area contributed by atoms with E-state index in [0.717, 1.165) is 11.1 Å². The standard InChI is InChI=1S/C28H28N2O5/c1-17(14-26(31)30-25-13-7-12-19(18(25)2)27(32)33)15-29-28(34)35-16-24-22-10-5-3-8-20(22)21-9-4-6-11-23(21)24/h3-13,17,24H,14-16H2,1-2H3,(H,29,34)(H,30,31)(H,32,33). The molecule has 7 nitrogen and oxygen atoms in total. The quantitative estimate of drug-likeness (QED) is 0.418. The Morgan fingerprint density at radius 3 is 2.20 bits per heavy atom. The van der Waals surface area contributed by atoms with Crippen LogP contribution in [0, 0.1) is 12.8 Å². The van der Waals surface area contributed by atoms with Gasteiger partial charge in [0, 0.05) is 24.6 Å². The molecular weight excluding hydrogens is 444 g/mol. The van der Waals surface area contributed by atoms with Crippen molar-refractivity contribution in [2.45, 2.75) is 26.2 Å². The molecule has 7 heteroatoms. The van der Waals surface area contributed by atoms with Crippen LogP contribution in [0.25, 0.3) is 11.1 Å². The van der Waals surface area contributed by atoms with Crippen LogP contribution in [-0.2, 0) is 9.53 Å². The molecule has 2 amide bonds. The van der Waals surface area contributed by atoms with Crippen LogP contribution in [0.5, 0.6) is 0 Å². The number of nitrogens with one attached hydrogen (secondary N) is 2. The number of hydrogen-bond acceptors (Lipinski definition) is 4. The minimum Gasteiger partial charge on any atom is -0.478 e. The fourth-order valence-corrected chi connectivity index (χ4v) is 4.50. The highest BCUT2D eigenvalue weighted by Crippen LogP contribution is 2.44. The molecule has 1 aliphatic rings. The summed E-state index contributed by atoms with van der Waals surface area (Å²) in [7, 11) is 0. The first kappa shape index (κ1) is 24.0. The van der Waals surface area contributed by atoms with Gasteiger partial charge in [0.05, 0.1) is 5.56 Å². The monoisotopic (exact) mass is 472 g/mol. The summed E-state index contributed by atoms with van der Waals surface area (Å²) in [6.45, 7) is 4.01. The number of hydrogen-bond donors (Lipinski definition) is 3. The number of benzene rings is 3. The molecule has 4 rings (SSSR count). The van der Waals surface area contributed by atoms with E-state index in [0.29, 0.717) is 11.3 Å². The van der Waals surface area contributed by atoms with Crippen LogP contribution in [-0.4, -0.2) is 36.2 Å². The van der Waals surface area contributed by atoms with E-state index in [1.807, 2.05) is 31.2 Å².